The number of rotatable bonds is 3. The number of fused-ring (bicyclic) bond motifs is 2. The standard InChI is InChI=1S/C24H18O3/c1-25-16-8-6-15(7-9-16)18-12-13-21-19-11-10-17(26-2)14-23(19)27-22-5-3-4-20(18)24(21)22/h3-14H,1-2H3. The lowest BCUT2D eigenvalue weighted by atomic mass is 9.90. The van der Waals surface area contributed by atoms with Crippen molar-refractivity contribution in [3.05, 3.63) is 72.8 Å². The average molecular weight is 354 g/mol. The Hall–Kier alpha value is -3.46. The first-order valence-corrected chi connectivity index (χ1v) is 8.85. The van der Waals surface area contributed by atoms with Crippen LogP contribution in [0.25, 0.3) is 33.0 Å². The summed E-state index contributed by atoms with van der Waals surface area (Å²) in [6.45, 7) is 0. The van der Waals surface area contributed by atoms with Crippen molar-refractivity contribution >= 4 is 10.8 Å². The smallest absolute Gasteiger partial charge is 0.139 e. The van der Waals surface area contributed by atoms with E-state index in [4.69, 9.17) is 14.2 Å². The molecule has 0 bridgehead atoms. The van der Waals surface area contributed by atoms with Gasteiger partial charge in [-0.2, -0.15) is 0 Å². The van der Waals surface area contributed by atoms with Gasteiger partial charge in [-0.1, -0.05) is 36.4 Å². The molecule has 0 saturated heterocycles. The Morgan fingerprint density at radius 2 is 1.33 bits per heavy atom. The van der Waals surface area contributed by atoms with E-state index in [1.807, 2.05) is 36.4 Å². The van der Waals surface area contributed by atoms with Gasteiger partial charge in [0.05, 0.1) is 14.2 Å². The second-order valence-electron chi connectivity index (χ2n) is 6.53. The van der Waals surface area contributed by atoms with Crippen LogP contribution in [0.2, 0.25) is 0 Å². The number of hydrogen-bond acceptors (Lipinski definition) is 3. The molecule has 132 valence electrons. The summed E-state index contributed by atoms with van der Waals surface area (Å²) in [5.41, 5.74) is 4.60. The summed E-state index contributed by atoms with van der Waals surface area (Å²) < 4.78 is 16.9. The molecule has 1 heterocycles. The van der Waals surface area contributed by atoms with Crippen LogP contribution in [0.15, 0.2) is 72.8 Å². The van der Waals surface area contributed by atoms with E-state index >= 15 is 0 Å². The molecule has 1 aliphatic rings. The van der Waals surface area contributed by atoms with E-state index in [9.17, 15) is 0 Å². The van der Waals surface area contributed by atoms with Crippen LogP contribution in [-0.4, -0.2) is 14.2 Å². The fourth-order valence-electron chi connectivity index (χ4n) is 3.76. The summed E-state index contributed by atoms with van der Waals surface area (Å²) in [6.07, 6.45) is 0. The zero-order valence-corrected chi connectivity index (χ0v) is 15.2. The van der Waals surface area contributed by atoms with Gasteiger partial charge in [0.25, 0.3) is 0 Å². The molecule has 3 heteroatoms. The van der Waals surface area contributed by atoms with Crippen LogP contribution in [-0.2, 0) is 0 Å². The molecule has 0 radical (unpaired) electrons. The highest BCUT2D eigenvalue weighted by Gasteiger charge is 2.22. The second kappa shape index (κ2) is 6.06. The lowest BCUT2D eigenvalue weighted by molar-refractivity contribution is 0.409. The quantitative estimate of drug-likeness (QED) is 0.381. The van der Waals surface area contributed by atoms with E-state index in [0.717, 1.165) is 39.5 Å². The predicted molar refractivity (Wildman–Crippen MR) is 108 cm³/mol. The fourth-order valence-corrected chi connectivity index (χ4v) is 3.76. The summed E-state index contributed by atoms with van der Waals surface area (Å²) in [7, 11) is 3.35. The van der Waals surface area contributed by atoms with Gasteiger partial charge in [-0.05, 0) is 52.4 Å². The van der Waals surface area contributed by atoms with Crippen LogP contribution in [0, 0.1) is 0 Å². The van der Waals surface area contributed by atoms with Crippen molar-refractivity contribution in [2.45, 2.75) is 0 Å². The molecule has 4 aromatic rings. The molecule has 0 aliphatic carbocycles. The van der Waals surface area contributed by atoms with Crippen molar-refractivity contribution in [2.24, 2.45) is 0 Å². The van der Waals surface area contributed by atoms with Gasteiger partial charge in [0.2, 0.25) is 0 Å². The first-order chi connectivity index (χ1) is 13.3. The normalized spacial score (nSPS) is 11.6. The van der Waals surface area contributed by atoms with Gasteiger partial charge in [0.15, 0.2) is 0 Å². The van der Waals surface area contributed by atoms with E-state index in [0.29, 0.717) is 0 Å². The molecule has 0 aromatic heterocycles. The summed E-state index contributed by atoms with van der Waals surface area (Å²) in [5, 5.41) is 2.32. The molecule has 0 unspecified atom stereocenters. The largest absolute Gasteiger partial charge is 0.497 e. The van der Waals surface area contributed by atoms with E-state index < -0.39 is 0 Å². The minimum absolute atomic E-state index is 0.791. The third kappa shape index (κ3) is 2.43. The average Bonchev–Trinajstić information content (AvgIpc) is 2.73. The minimum atomic E-state index is 0.791. The molecule has 0 fully saturated rings. The Bertz CT molecular complexity index is 1160. The maximum Gasteiger partial charge on any atom is 0.139 e. The molecular formula is C24H18O3. The number of methoxy groups -OCH3 is 2. The van der Waals surface area contributed by atoms with E-state index in [1.165, 1.54) is 16.5 Å². The predicted octanol–water partition coefficient (Wildman–Crippen LogP) is 6.30. The summed E-state index contributed by atoms with van der Waals surface area (Å²) in [5.74, 6) is 3.34. The van der Waals surface area contributed by atoms with Crippen LogP contribution in [0.4, 0.5) is 0 Å². The third-order valence-corrected chi connectivity index (χ3v) is 5.10. The molecular weight excluding hydrogens is 336 g/mol. The molecule has 1 aliphatic heterocycles. The highest BCUT2D eigenvalue weighted by molar-refractivity contribution is 6.10. The van der Waals surface area contributed by atoms with Crippen molar-refractivity contribution in [1.29, 1.82) is 0 Å². The number of hydrogen-bond donors (Lipinski definition) is 0. The van der Waals surface area contributed by atoms with Crippen molar-refractivity contribution in [1.82, 2.24) is 0 Å². The van der Waals surface area contributed by atoms with Crippen molar-refractivity contribution in [3.63, 3.8) is 0 Å². The maximum absolute atomic E-state index is 6.22. The molecule has 4 aromatic carbocycles. The Morgan fingerprint density at radius 1 is 0.630 bits per heavy atom. The first kappa shape index (κ1) is 15.8. The minimum Gasteiger partial charge on any atom is -0.497 e. The van der Waals surface area contributed by atoms with Gasteiger partial charge >= 0.3 is 0 Å². The van der Waals surface area contributed by atoms with Gasteiger partial charge in [-0.15, -0.1) is 0 Å². The fraction of sp³-hybridized carbons (Fsp3) is 0.0833. The Balaban J connectivity index is 1.74. The SMILES string of the molecule is COc1ccc(-c2ccc3c4c(cccc24)Oc2cc(OC)ccc2-3)cc1. The molecule has 0 N–H and O–H groups in total. The highest BCUT2D eigenvalue weighted by atomic mass is 16.5. The Labute approximate surface area is 157 Å². The summed E-state index contributed by atoms with van der Waals surface area (Å²) in [4.78, 5) is 0. The molecule has 0 amide bonds. The van der Waals surface area contributed by atoms with E-state index in [-0.39, 0.29) is 0 Å². The van der Waals surface area contributed by atoms with Crippen LogP contribution < -0.4 is 14.2 Å². The van der Waals surface area contributed by atoms with E-state index in [2.05, 4.69) is 36.4 Å². The van der Waals surface area contributed by atoms with Crippen LogP contribution in [0.5, 0.6) is 23.0 Å². The Morgan fingerprint density at radius 3 is 2.11 bits per heavy atom. The van der Waals surface area contributed by atoms with Crippen molar-refractivity contribution in [2.75, 3.05) is 14.2 Å². The molecule has 0 saturated carbocycles. The first-order valence-electron chi connectivity index (χ1n) is 8.85. The second-order valence-corrected chi connectivity index (χ2v) is 6.53. The number of benzene rings is 4. The monoisotopic (exact) mass is 354 g/mol. The van der Waals surface area contributed by atoms with Gasteiger partial charge in [0, 0.05) is 17.0 Å². The topological polar surface area (TPSA) is 27.7 Å². The van der Waals surface area contributed by atoms with Gasteiger partial charge in [-0.3, -0.25) is 0 Å². The molecule has 3 nitrogen and oxygen atoms in total. The molecule has 0 spiro atoms. The summed E-state index contributed by atoms with van der Waals surface area (Å²) in [6, 6.07) is 24.7. The zero-order valence-electron chi connectivity index (χ0n) is 15.2. The number of ether oxygens (including phenoxy) is 3. The molecule has 5 rings (SSSR count). The highest BCUT2D eigenvalue weighted by Crippen LogP contribution is 2.49. The molecule has 27 heavy (non-hydrogen) atoms. The van der Waals surface area contributed by atoms with E-state index in [1.54, 1.807) is 14.2 Å². The lowest BCUT2D eigenvalue weighted by Crippen LogP contribution is -1.98. The van der Waals surface area contributed by atoms with Crippen molar-refractivity contribution in [3.8, 4) is 45.3 Å². The summed E-state index contributed by atoms with van der Waals surface area (Å²) >= 11 is 0. The van der Waals surface area contributed by atoms with Crippen LogP contribution >= 0.6 is 0 Å². The van der Waals surface area contributed by atoms with Crippen molar-refractivity contribution < 1.29 is 14.2 Å². The van der Waals surface area contributed by atoms with Gasteiger partial charge in [-0.25, -0.2) is 0 Å². The van der Waals surface area contributed by atoms with Gasteiger partial charge < -0.3 is 14.2 Å². The zero-order chi connectivity index (χ0) is 18.4. The molecule has 0 atom stereocenters. The third-order valence-electron chi connectivity index (χ3n) is 5.10. The Kier molecular flexibility index (Phi) is 3.54. The van der Waals surface area contributed by atoms with Gasteiger partial charge in [0.1, 0.15) is 23.0 Å². The van der Waals surface area contributed by atoms with Crippen LogP contribution in [0.3, 0.4) is 0 Å². The lowest BCUT2D eigenvalue weighted by Gasteiger charge is -2.23. The van der Waals surface area contributed by atoms with Crippen LogP contribution in [0.1, 0.15) is 0 Å². The maximum atomic E-state index is 6.22.